The van der Waals surface area contributed by atoms with E-state index in [4.69, 9.17) is 0 Å². The van der Waals surface area contributed by atoms with Gasteiger partial charge in [-0.3, -0.25) is 7.74 Å². The quantitative estimate of drug-likeness (QED) is 0.397. The molecule has 0 atom stereocenters. The third-order valence-corrected chi connectivity index (χ3v) is 10.7. The van der Waals surface area contributed by atoms with Crippen LogP contribution in [0.3, 0.4) is 0 Å². The Bertz CT molecular complexity index is 1050. The van der Waals surface area contributed by atoms with Crippen molar-refractivity contribution in [2.75, 3.05) is 0 Å². The summed E-state index contributed by atoms with van der Waals surface area (Å²) in [5.74, 6) is 0. The molecule has 0 fully saturated rings. The standard InChI is InChI=1S/C12H6F6O6S2Si/c13-11(14,15)25(19,20)23-27(24-26(21,22)12(16,17)18)8-5-1-3-7-4-2-6-9(27)10(7)8/h1-6H. The first kappa shape index (κ1) is 20.1. The summed E-state index contributed by atoms with van der Waals surface area (Å²) < 4.78 is 130. The summed E-state index contributed by atoms with van der Waals surface area (Å²) in [7, 11) is -18.3. The predicted octanol–water partition coefficient (Wildman–Crippen LogP) is 1.44. The van der Waals surface area contributed by atoms with Gasteiger partial charge in [0.25, 0.3) is 0 Å². The summed E-state index contributed by atoms with van der Waals surface area (Å²) in [4.78, 5) is 0. The van der Waals surface area contributed by atoms with E-state index in [0.29, 0.717) is 5.39 Å². The lowest BCUT2D eigenvalue weighted by atomic mass is 10.1. The zero-order valence-corrected chi connectivity index (χ0v) is 15.1. The van der Waals surface area contributed by atoms with E-state index in [-0.39, 0.29) is 5.39 Å². The molecule has 0 saturated carbocycles. The SMILES string of the molecule is O=S(=O)(O[Si]1(OS(=O)(=O)C(F)(F)F)c2cccc3cccc1c23)C(F)(F)F. The second-order valence-corrected chi connectivity index (χ2v) is 11.7. The smallest absolute Gasteiger partial charge is 0.267 e. The number of halogens is 6. The van der Waals surface area contributed by atoms with Crippen molar-refractivity contribution in [3.05, 3.63) is 36.4 Å². The fourth-order valence-corrected chi connectivity index (χ4v) is 9.54. The Hall–Kier alpha value is -1.68. The second-order valence-electron chi connectivity index (χ2n) is 5.29. The van der Waals surface area contributed by atoms with Crippen LogP contribution in [0.4, 0.5) is 26.3 Å². The van der Waals surface area contributed by atoms with Crippen molar-refractivity contribution < 1.29 is 50.9 Å². The Balaban J connectivity index is 2.25. The molecule has 0 N–H and O–H groups in total. The molecule has 0 amide bonds. The van der Waals surface area contributed by atoms with Gasteiger partial charge in [0.15, 0.2) is 0 Å². The molecule has 1 aliphatic rings. The van der Waals surface area contributed by atoms with Crippen molar-refractivity contribution in [3.8, 4) is 0 Å². The Morgan fingerprint density at radius 1 is 0.704 bits per heavy atom. The molecule has 27 heavy (non-hydrogen) atoms. The molecule has 2 aromatic carbocycles. The van der Waals surface area contributed by atoms with Crippen LogP contribution >= 0.6 is 0 Å². The molecule has 0 saturated heterocycles. The van der Waals surface area contributed by atoms with Crippen molar-refractivity contribution in [2.45, 2.75) is 11.0 Å². The monoisotopic (exact) mass is 452 g/mol. The molecular weight excluding hydrogens is 446 g/mol. The van der Waals surface area contributed by atoms with Crippen LogP contribution in [0.25, 0.3) is 10.8 Å². The van der Waals surface area contributed by atoms with Crippen LogP contribution in [0.2, 0.25) is 0 Å². The first-order chi connectivity index (χ1) is 12.1. The highest BCUT2D eigenvalue weighted by atomic mass is 32.2. The van der Waals surface area contributed by atoms with Gasteiger partial charge in [-0.05, 0) is 10.8 Å². The van der Waals surface area contributed by atoms with Gasteiger partial charge in [0, 0.05) is 10.4 Å². The fraction of sp³-hybridized carbons (Fsp3) is 0.167. The topological polar surface area (TPSA) is 86.7 Å². The lowest BCUT2D eigenvalue weighted by molar-refractivity contribution is -0.0527. The van der Waals surface area contributed by atoms with Crippen LogP contribution in [-0.2, 0) is 28.0 Å². The Kier molecular flexibility index (Phi) is 4.21. The van der Waals surface area contributed by atoms with Crippen LogP contribution in [0.5, 0.6) is 0 Å². The Morgan fingerprint density at radius 3 is 1.41 bits per heavy atom. The lowest BCUT2D eigenvalue weighted by Gasteiger charge is -2.38. The highest BCUT2D eigenvalue weighted by Crippen LogP contribution is 2.36. The Morgan fingerprint density at radius 2 is 1.07 bits per heavy atom. The van der Waals surface area contributed by atoms with Crippen molar-refractivity contribution >= 4 is 49.9 Å². The van der Waals surface area contributed by atoms with Crippen LogP contribution in [0, 0.1) is 0 Å². The van der Waals surface area contributed by atoms with Crippen LogP contribution in [-0.4, -0.2) is 36.4 Å². The summed E-state index contributed by atoms with van der Waals surface area (Å²) in [5.41, 5.74) is -12.0. The van der Waals surface area contributed by atoms with Crippen molar-refractivity contribution in [2.24, 2.45) is 0 Å². The normalized spacial score (nSPS) is 17.0. The van der Waals surface area contributed by atoms with Gasteiger partial charge in [-0.1, -0.05) is 36.4 Å². The molecule has 0 bridgehead atoms. The van der Waals surface area contributed by atoms with E-state index >= 15 is 0 Å². The Labute approximate surface area is 148 Å². The van der Waals surface area contributed by atoms with E-state index in [1.54, 1.807) is 0 Å². The van der Waals surface area contributed by atoms with E-state index < -0.39 is 50.2 Å². The zero-order valence-electron chi connectivity index (χ0n) is 12.5. The number of alkyl halides is 6. The first-order valence-electron chi connectivity index (χ1n) is 6.69. The van der Waals surface area contributed by atoms with E-state index in [2.05, 4.69) is 7.74 Å². The zero-order chi connectivity index (χ0) is 20.5. The highest BCUT2D eigenvalue weighted by molar-refractivity contribution is 7.90. The molecule has 6 nitrogen and oxygen atoms in total. The molecule has 148 valence electrons. The van der Waals surface area contributed by atoms with Gasteiger partial charge < -0.3 is 0 Å². The molecule has 0 aromatic heterocycles. The lowest BCUT2D eigenvalue weighted by Crippen LogP contribution is -2.73. The number of hydrogen-bond donors (Lipinski definition) is 0. The summed E-state index contributed by atoms with van der Waals surface area (Å²) in [6.45, 7) is 0. The molecule has 1 heterocycles. The van der Waals surface area contributed by atoms with E-state index in [0.717, 1.165) is 12.1 Å². The largest absolute Gasteiger partial charge is 0.522 e. The maximum absolute atomic E-state index is 12.7. The van der Waals surface area contributed by atoms with Gasteiger partial charge in [0.05, 0.1) is 0 Å². The number of rotatable bonds is 4. The van der Waals surface area contributed by atoms with E-state index in [1.807, 2.05) is 0 Å². The van der Waals surface area contributed by atoms with Crippen LogP contribution < -0.4 is 10.4 Å². The minimum absolute atomic E-state index is 0.0708. The maximum Gasteiger partial charge on any atom is 0.522 e. The van der Waals surface area contributed by atoms with Gasteiger partial charge in [-0.2, -0.15) is 43.2 Å². The van der Waals surface area contributed by atoms with E-state index in [1.165, 1.54) is 24.3 Å². The summed E-state index contributed by atoms with van der Waals surface area (Å²) in [5, 5.41) is -0.553. The van der Waals surface area contributed by atoms with Crippen LogP contribution in [0.1, 0.15) is 0 Å². The molecule has 0 spiro atoms. The average Bonchev–Trinajstić information content (AvgIpc) is 2.50. The molecule has 2 aromatic rings. The third kappa shape index (κ3) is 2.93. The molecular formula is C12H6F6O6S2Si. The number of hydrogen-bond acceptors (Lipinski definition) is 6. The number of benzene rings is 2. The maximum atomic E-state index is 12.7. The fourth-order valence-electron chi connectivity index (χ4n) is 2.57. The molecule has 3 rings (SSSR count). The highest BCUT2D eigenvalue weighted by Gasteiger charge is 2.65. The minimum atomic E-state index is -6.47. The van der Waals surface area contributed by atoms with E-state index in [9.17, 15) is 43.2 Å². The molecule has 0 aliphatic carbocycles. The second kappa shape index (κ2) is 5.66. The summed E-state index contributed by atoms with van der Waals surface area (Å²) in [6.07, 6.45) is 0. The van der Waals surface area contributed by atoms with Gasteiger partial charge in [0.2, 0.25) is 0 Å². The molecule has 0 radical (unpaired) electrons. The summed E-state index contributed by atoms with van der Waals surface area (Å²) >= 11 is 0. The van der Waals surface area contributed by atoms with Crippen LogP contribution in [0.15, 0.2) is 36.4 Å². The van der Waals surface area contributed by atoms with Gasteiger partial charge in [-0.25, -0.2) is 0 Å². The van der Waals surface area contributed by atoms with Crippen molar-refractivity contribution in [1.82, 2.24) is 0 Å². The third-order valence-electron chi connectivity index (χ3n) is 3.63. The molecule has 1 aliphatic heterocycles. The minimum Gasteiger partial charge on any atom is -0.267 e. The first-order valence-corrected chi connectivity index (χ1v) is 11.3. The molecule has 0 unspecified atom stereocenters. The predicted molar refractivity (Wildman–Crippen MR) is 81.1 cm³/mol. The average molecular weight is 452 g/mol. The summed E-state index contributed by atoms with van der Waals surface area (Å²) in [6, 6.07) is 7.18. The van der Waals surface area contributed by atoms with Crippen molar-refractivity contribution in [3.63, 3.8) is 0 Å². The van der Waals surface area contributed by atoms with Crippen molar-refractivity contribution in [1.29, 1.82) is 0 Å². The van der Waals surface area contributed by atoms with Gasteiger partial charge >= 0.3 is 39.8 Å². The van der Waals surface area contributed by atoms with Gasteiger partial charge in [-0.15, -0.1) is 0 Å². The molecule has 15 heteroatoms. The van der Waals surface area contributed by atoms with Gasteiger partial charge in [0.1, 0.15) is 0 Å².